The molecule has 2 aromatic rings. The van der Waals surface area contributed by atoms with E-state index in [0.717, 1.165) is 30.2 Å². The van der Waals surface area contributed by atoms with Crippen molar-refractivity contribution < 1.29 is 4.74 Å². The van der Waals surface area contributed by atoms with Gasteiger partial charge in [-0.3, -0.25) is 0 Å². The molecule has 0 fully saturated rings. The van der Waals surface area contributed by atoms with Crippen molar-refractivity contribution in [3.8, 4) is 5.75 Å². The van der Waals surface area contributed by atoms with Crippen molar-refractivity contribution in [3.05, 3.63) is 52.5 Å². The van der Waals surface area contributed by atoms with Crippen LogP contribution >= 0.6 is 23.2 Å². The van der Waals surface area contributed by atoms with Crippen LogP contribution in [0.25, 0.3) is 0 Å². The highest BCUT2D eigenvalue weighted by atomic mass is 35.5. The minimum absolute atomic E-state index is 0.186. The molecule has 0 bridgehead atoms. The first kappa shape index (κ1) is 16.8. The lowest BCUT2D eigenvalue weighted by Crippen LogP contribution is -2.13. The molecule has 0 amide bonds. The van der Waals surface area contributed by atoms with Crippen LogP contribution < -0.4 is 15.4 Å². The predicted octanol–water partition coefficient (Wildman–Crippen LogP) is 5.30. The summed E-state index contributed by atoms with van der Waals surface area (Å²) in [5, 5.41) is 7.93. The van der Waals surface area contributed by atoms with Gasteiger partial charge in [0.05, 0.1) is 16.8 Å². The molecule has 0 unspecified atom stereocenters. The van der Waals surface area contributed by atoms with Crippen molar-refractivity contribution in [3.63, 3.8) is 0 Å². The van der Waals surface area contributed by atoms with Gasteiger partial charge in [-0.1, -0.05) is 23.2 Å². The molecule has 0 atom stereocenters. The number of anilines is 2. The molecule has 2 rings (SSSR count). The van der Waals surface area contributed by atoms with E-state index in [2.05, 4.69) is 10.6 Å². The number of benzene rings is 2. The Morgan fingerprint density at radius 3 is 2.32 bits per heavy atom. The summed E-state index contributed by atoms with van der Waals surface area (Å²) < 4.78 is 5.61. The molecule has 5 heteroatoms. The van der Waals surface area contributed by atoms with Gasteiger partial charge in [0.2, 0.25) is 0 Å². The quantitative estimate of drug-likeness (QED) is 0.671. The largest absolute Gasteiger partial charge is 0.491 e. The Kier molecular flexibility index (Phi) is 6.22. The maximum absolute atomic E-state index is 6.10. The van der Waals surface area contributed by atoms with Crippen LogP contribution in [0.1, 0.15) is 13.8 Å². The lowest BCUT2D eigenvalue weighted by molar-refractivity contribution is 0.242. The van der Waals surface area contributed by atoms with Gasteiger partial charge in [-0.2, -0.15) is 0 Å². The molecule has 0 aromatic heterocycles. The van der Waals surface area contributed by atoms with Gasteiger partial charge in [0.1, 0.15) is 5.75 Å². The molecule has 0 aliphatic rings. The van der Waals surface area contributed by atoms with Crippen LogP contribution in [-0.2, 0) is 0 Å². The second-order valence-corrected chi connectivity index (χ2v) is 6.01. The average molecular weight is 339 g/mol. The number of nitrogens with one attached hydrogen (secondary N) is 2. The molecule has 0 saturated heterocycles. The van der Waals surface area contributed by atoms with Crippen LogP contribution in [0.2, 0.25) is 10.0 Å². The highest BCUT2D eigenvalue weighted by Gasteiger charge is 2.01. The Balaban J connectivity index is 1.77. The molecule has 2 N–H and O–H groups in total. The molecule has 0 saturated carbocycles. The van der Waals surface area contributed by atoms with E-state index in [4.69, 9.17) is 27.9 Å². The van der Waals surface area contributed by atoms with Gasteiger partial charge in [0, 0.05) is 23.8 Å². The monoisotopic (exact) mass is 338 g/mol. The average Bonchev–Trinajstić information content (AvgIpc) is 2.48. The molecule has 0 aliphatic heterocycles. The van der Waals surface area contributed by atoms with E-state index in [1.165, 1.54) is 0 Å². The van der Waals surface area contributed by atoms with Gasteiger partial charge in [-0.15, -0.1) is 0 Å². The third-order valence-electron chi connectivity index (χ3n) is 2.92. The van der Waals surface area contributed by atoms with E-state index in [9.17, 15) is 0 Å². The van der Waals surface area contributed by atoms with Gasteiger partial charge >= 0.3 is 0 Å². The van der Waals surface area contributed by atoms with Crippen LogP contribution in [-0.4, -0.2) is 19.2 Å². The van der Waals surface area contributed by atoms with Crippen molar-refractivity contribution in [1.29, 1.82) is 0 Å². The highest BCUT2D eigenvalue weighted by Crippen LogP contribution is 2.25. The summed E-state index contributed by atoms with van der Waals surface area (Å²) in [5.74, 6) is 0.879. The first-order valence-electron chi connectivity index (χ1n) is 7.24. The lowest BCUT2D eigenvalue weighted by Gasteiger charge is -2.12. The molecule has 0 aliphatic carbocycles. The SMILES string of the molecule is CC(C)Oc1ccc(NCCNc2cc(Cl)ccc2Cl)cc1. The minimum Gasteiger partial charge on any atom is -0.491 e. The maximum Gasteiger partial charge on any atom is 0.119 e. The van der Waals surface area contributed by atoms with Crippen molar-refractivity contribution in [2.75, 3.05) is 23.7 Å². The first-order chi connectivity index (χ1) is 10.5. The highest BCUT2D eigenvalue weighted by molar-refractivity contribution is 6.35. The van der Waals surface area contributed by atoms with Crippen molar-refractivity contribution in [2.24, 2.45) is 0 Å². The smallest absolute Gasteiger partial charge is 0.119 e. The van der Waals surface area contributed by atoms with Crippen LogP contribution in [0.5, 0.6) is 5.75 Å². The Morgan fingerprint density at radius 1 is 0.955 bits per heavy atom. The zero-order chi connectivity index (χ0) is 15.9. The molecule has 118 valence electrons. The summed E-state index contributed by atoms with van der Waals surface area (Å²) in [6.45, 7) is 5.54. The summed E-state index contributed by atoms with van der Waals surface area (Å²) in [4.78, 5) is 0. The van der Waals surface area contributed by atoms with E-state index < -0.39 is 0 Å². The molecule has 22 heavy (non-hydrogen) atoms. The van der Waals surface area contributed by atoms with Crippen LogP contribution in [0.15, 0.2) is 42.5 Å². The normalized spacial score (nSPS) is 10.6. The van der Waals surface area contributed by atoms with Crippen LogP contribution in [0.4, 0.5) is 11.4 Å². The molecule has 0 heterocycles. The minimum atomic E-state index is 0.186. The molecule has 0 spiro atoms. The van der Waals surface area contributed by atoms with Gasteiger partial charge in [0.25, 0.3) is 0 Å². The second-order valence-electron chi connectivity index (χ2n) is 5.17. The summed E-state index contributed by atoms with van der Waals surface area (Å²) >= 11 is 12.0. The topological polar surface area (TPSA) is 33.3 Å². The van der Waals surface area contributed by atoms with E-state index in [1.54, 1.807) is 12.1 Å². The third-order valence-corrected chi connectivity index (χ3v) is 3.49. The Labute approximate surface area is 141 Å². The van der Waals surface area contributed by atoms with Crippen LogP contribution in [0.3, 0.4) is 0 Å². The van der Waals surface area contributed by atoms with Gasteiger partial charge < -0.3 is 15.4 Å². The fourth-order valence-electron chi connectivity index (χ4n) is 1.96. The van der Waals surface area contributed by atoms with E-state index >= 15 is 0 Å². The van der Waals surface area contributed by atoms with Crippen LogP contribution in [0, 0.1) is 0 Å². The maximum atomic E-state index is 6.10. The Bertz CT molecular complexity index is 600. The van der Waals surface area contributed by atoms with Crippen molar-refractivity contribution in [1.82, 2.24) is 0 Å². The van der Waals surface area contributed by atoms with E-state index in [0.29, 0.717) is 10.0 Å². The second kappa shape index (κ2) is 8.16. The summed E-state index contributed by atoms with van der Waals surface area (Å²) in [7, 11) is 0. The standard InChI is InChI=1S/C17H20Cl2N2O/c1-12(2)22-15-6-4-14(5-7-15)20-9-10-21-17-11-13(18)3-8-16(17)19/h3-8,11-12,20-21H,9-10H2,1-2H3. The van der Waals surface area contributed by atoms with Gasteiger partial charge in [-0.05, 0) is 56.3 Å². The van der Waals surface area contributed by atoms with Crippen molar-refractivity contribution >= 4 is 34.6 Å². The summed E-state index contributed by atoms with van der Waals surface area (Å²) in [6.07, 6.45) is 0.186. The molecule has 0 radical (unpaired) electrons. The number of halogens is 2. The number of hydrogen-bond acceptors (Lipinski definition) is 3. The Morgan fingerprint density at radius 2 is 1.64 bits per heavy atom. The number of ether oxygens (including phenoxy) is 1. The lowest BCUT2D eigenvalue weighted by atomic mass is 10.3. The Hall–Kier alpha value is -1.58. The van der Waals surface area contributed by atoms with Gasteiger partial charge in [0.15, 0.2) is 0 Å². The summed E-state index contributed by atoms with van der Waals surface area (Å²) in [5.41, 5.74) is 1.90. The number of hydrogen-bond donors (Lipinski definition) is 2. The van der Waals surface area contributed by atoms with Gasteiger partial charge in [-0.25, -0.2) is 0 Å². The van der Waals surface area contributed by atoms with E-state index in [-0.39, 0.29) is 6.10 Å². The first-order valence-corrected chi connectivity index (χ1v) is 7.99. The number of rotatable bonds is 7. The molecular formula is C17H20Cl2N2O. The molecule has 3 nitrogen and oxygen atoms in total. The van der Waals surface area contributed by atoms with E-state index in [1.807, 2.05) is 44.2 Å². The molecule has 2 aromatic carbocycles. The zero-order valence-electron chi connectivity index (χ0n) is 12.7. The van der Waals surface area contributed by atoms with Crippen molar-refractivity contribution in [2.45, 2.75) is 20.0 Å². The summed E-state index contributed by atoms with van der Waals surface area (Å²) in [6, 6.07) is 13.3. The third kappa shape index (κ3) is 5.32. The fraction of sp³-hybridized carbons (Fsp3) is 0.294. The molecular weight excluding hydrogens is 319 g/mol. The predicted molar refractivity (Wildman–Crippen MR) is 95.6 cm³/mol. The zero-order valence-corrected chi connectivity index (χ0v) is 14.2. The fourth-order valence-corrected chi connectivity index (χ4v) is 2.32.